The van der Waals surface area contributed by atoms with Crippen LogP contribution in [0.15, 0.2) is 29.8 Å². The zero-order chi connectivity index (χ0) is 12.5. The number of nitrogens with one attached hydrogen (secondary N) is 1. The summed E-state index contributed by atoms with van der Waals surface area (Å²) >= 11 is 0. The summed E-state index contributed by atoms with van der Waals surface area (Å²) in [7, 11) is 0. The van der Waals surface area contributed by atoms with E-state index in [0.29, 0.717) is 17.8 Å². The number of aromatic hydroxyl groups is 1. The fraction of sp³-hybridized carbons (Fsp3) is 0.500. The molecule has 0 saturated carbocycles. The fourth-order valence-electron chi connectivity index (χ4n) is 3.16. The van der Waals surface area contributed by atoms with Gasteiger partial charge in [0.2, 0.25) is 0 Å². The SMILES string of the molecule is CC1=CC[C@H](NC2CCc3ccc(O)cc32)CC1. The Labute approximate surface area is 109 Å². The minimum absolute atomic E-state index is 0.391. The molecule has 2 nitrogen and oxygen atoms in total. The van der Waals surface area contributed by atoms with Crippen molar-refractivity contribution in [2.45, 2.75) is 51.1 Å². The molecule has 3 rings (SSSR count). The third-order valence-electron chi connectivity index (χ3n) is 4.28. The molecule has 96 valence electrons. The summed E-state index contributed by atoms with van der Waals surface area (Å²) in [6, 6.07) is 6.84. The van der Waals surface area contributed by atoms with Crippen LogP contribution in [0.3, 0.4) is 0 Å². The van der Waals surface area contributed by atoms with Crippen LogP contribution in [-0.4, -0.2) is 11.1 Å². The van der Waals surface area contributed by atoms with Gasteiger partial charge in [-0.05, 0) is 62.3 Å². The maximum atomic E-state index is 9.62. The molecule has 1 aromatic carbocycles. The quantitative estimate of drug-likeness (QED) is 0.780. The second-order valence-corrected chi connectivity index (χ2v) is 5.66. The van der Waals surface area contributed by atoms with Gasteiger partial charge in [-0.3, -0.25) is 0 Å². The van der Waals surface area contributed by atoms with Crippen LogP contribution in [-0.2, 0) is 6.42 Å². The van der Waals surface area contributed by atoms with Crippen molar-refractivity contribution in [3.8, 4) is 5.75 Å². The number of aryl methyl sites for hydroxylation is 1. The van der Waals surface area contributed by atoms with Crippen molar-refractivity contribution in [3.05, 3.63) is 41.0 Å². The van der Waals surface area contributed by atoms with E-state index < -0.39 is 0 Å². The average molecular weight is 243 g/mol. The number of benzene rings is 1. The lowest BCUT2D eigenvalue weighted by atomic mass is 9.95. The Balaban J connectivity index is 1.71. The Hall–Kier alpha value is -1.28. The maximum Gasteiger partial charge on any atom is 0.115 e. The molecular formula is C16H21NO. The van der Waals surface area contributed by atoms with E-state index in [2.05, 4.69) is 24.4 Å². The highest BCUT2D eigenvalue weighted by Crippen LogP contribution is 2.34. The minimum Gasteiger partial charge on any atom is -0.508 e. The lowest BCUT2D eigenvalue weighted by Crippen LogP contribution is -2.32. The molecule has 0 spiro atoms. The normalized spacial score (nSPS) is 26.8. The van der Waals surface area contributed by atoms with Crippen molar-refractivity contribution in [3.63, 3.8) is 0 Å². The first kappa shape index (κ1) is 11.8. The smallest absolute Gasteiger partial charge is 0.115 e. The topological polar surface area (TPSA) is 32.3 Å². The van der Waals surface area contributed by atoms with E-state index in [9.17, 15) is 5.11 Å². The van der Waals surface area contributed by atoms with Crippen molar-refractivity contribution < 1.29 is 5.11 Å². The highest BCUT2D eigenvalue weighted by Gasteiger charge is 2.25. The van der Waals surface area contributed by atoms with Crippen molar-refractivity contribution in [1.82, 2.24) is 5.32 Å². The van der Waals surface area contributed by atoms with E-state index in [1.165, 1.54) is 29.5 Å². The van der Waals surface area contributed by atoms with Gasteiger partial charge in [0.25, 0.3) is 0 Å². The van der Waals surface area contributed by atoms with Gasteiger partial charge in [0, 0.05) is 12.1 Å². The minimum atomic E-state index is 0.391. The summed E-state index contributed by atoms with van der Waals surface area (Å²) in [4.78, 5) is 0. The van der Waals surface area contributed by atoms with Gasteiger partial charge in [0.15, 0.2) is 0 Å². The lowest BCUT2D eigenvalue weighted by molar-refractivity contribution is 0.402. The average Bonchev–Trinajstić information content (AvgIpc) is 2.75. The van der Waals surface area contributed by atoms with Gasteiger partial charge < -0.3 is 10.4 Å². The van der Waals surface area contributed by atoms with Gasteiger partial charge in [-0.1, -0.05) is 17.7 Å². The Morgan fingerprint density at radius 2 is 2.11 bits per heavy atom. The van der Waals surface area contributed by atoms with E-state index in [0.717, 1.165) is 19.3 Å². The van der Waals surface area contributed by atoms with E-state index in [1.54, 1.807) is 6.07 Å². The molecule has 2 heteroatoms. The molecule has 2 N–H and O–H groups in total. The monoisotopic (exact) mass is 243 g/mol. The van der Waals surface area contributed by atoms with Gasteiger partial charge in [-0.25, -0.2) is 0 Å². The number of phenols is 1. The Morgan fingerprint density at radius 1 is 1.22 bits per heavy atom. The number of allylic oxidation sites excluding steroid dienone is 1. The molecule has 0 heterocycles. The van der Waals surface area contributed by atoms with Crippen molar-refractivity contribution >= 4 is 0 Å². The summed E-state index contributed by atoms with van der Waals surface area (Å²) in [5, 5.41) is 13.4. The zero-order valence-corrected chi connectivity index (χ0v) is 10.9. The van der Waals surface area contributed by atoms with Crippen LogP contribution in [0.5, 0.6) is 5.75 Å². The third-order valence-corrected chi connectivity index (χ3v) is 4.28. The van der Waals surface area contributed by atoms with Crippen LogP contribution in [0.2, 0.25) is 0 Å². The number of rotatable bonds is 2. The fourth-order valence-corrected chi connectivity index (χ4v) is 3.16. The van der Waals surface area contributed by atoms with E-state index in [4.69, 9.17) is 0 Å². The summed E-state index contributed by atoms with van der Waals surface area (Å²) in [5.41, 5.74) is 4.23. The molecule has 0 aromatic heterocycles. The van der Waals surface area contributed by atoms with Crippen molar-refractivity contribution in [1.29, 1.82) is 0 Å². The maximum absolute atomic E-state index is 9.62. The van der Waals surface area contributed by atoms with Crippen LogP contribution in [0.4, 0.5) is 0 Å². The van der Waals surface area contributed by atoms with Crippen molar-refractivity contribution in [2.75, 3.05) is 0 Å². The molecule has 0 radical (unpaired) electrons. The molecule has 2 atom stereocenters. The van der Waals surface area contributed by atoms with Crippen LogP contribution in [0.25, 0.3) is 0 Å². The number of hydrogen-bond acceptors (Lipinski definition) is 2. The Morgan fingerprint density at radius 3 is 2.89 bits per heavy atom. The molecule has 0 aliphatic heterocycles. The van der Waals surface area contributed by atoms with Crippen LogP contribution >= 0.6 is 0 Å². The number of phenolic OH excluding ortho intramolecular Hbond substituents is 1. The highest BCUT2D eigenvalue weighted by molar-refractivity contribution is 5.40. The van der Waals surface area contributed by atoms with Crippen LogP contribution in [0, 0.1) is 0 Å². The molecule has 0 amide bonds. The molecule has 0 saturated heterocycles. The van der Waals surface area contributed by atoms with E-state index in [-0.39, 0.29) is 0 Å². The first-order valence-corrected chi connectivity index (χ1v) is 6.96. The molecule has 2 aliphatic rings. The predicted molar refractivity (Wildman–Crippen MR) is 73.7 cm³/mol. The van der Waals surface area contributed by atoms with Gasteiger partial charge in [-0.2, -0.15) is 0 Å². The highest BCUT2D eigenvalue weighted by atomic mass is 16.3. The van der Waals surface area contributed by atoms with Gasteiger partial charge >= 0.3 is 0 Å². The summed E-state index contributed by atoms with van der Waals surface area (Å²) in [6.07, 6.45) is 8.27. The second kappa shape index (κ2) is 4.77. The zero-order valence-electron chi connectivity index (χ0n) is 10.9. The lowest BCUT2D eigenvalue weighted by Gasteiger charge is -2.26. The standard InChI is InChI=1S/C16H21NO/c1-11-2-6-13(7-3-11)17-16-9-5-12-4-8-14(18)10-15(12)16/h2,4,8,10,13,16-18H,3,5-7,9H2,1H3/t13-,16?/m0/s1. The van der Waals surface area contributed by atoms with Gasteiger partial charge in [-0.15, -0.1) is 0 Å². The predicted octanol–water partition coefficient (Wildman–Crippen LogP) is 3.47. The summed E-state index contributed by atoms with van der Waals surface area (Å²) < 4.78 is 0. The molecule has 2 aliphatic carbocycles. The number of fused-ring (bicyclic) bond motifs is 1. The van der Waals surface area contributed by atoms with Gasteiger partial charge in [0.1, 0.15) is 5.75 Å². The third kappa shape index (κ3) is 2.30. The molecular weight excluding hydrogens is 222 g/mol. The van der Waals surface area contributed by atoms with Crippen LogP contribution in [0.1, 0.15) is 49.8 Å². The molecule has 1 aromatic rings. The first-order chi connectivity index (χ1) is 8.72. The largest absolute Gasteiger partial charge is 0.508 e. The molecule has 1 unspecified atom stereocenters. The summed E-state index contributed by atoms with van der Waals surface area (Å²) in [6.45, 7) is 2.22. The number of hydrogen-bond donors (Lipinski definition) is 2. The molecule has 18 heavy (non-hydrogen) atoms. The van der Waals surface area contributed by atoms with E-state index >= 15 is 0 Å². The van der Waals surface area contributed by atoms with Gasteiger partial charge in [0.05, 0.1) is 0 Å². The van der Waals surface area contributed by atoms with Crippen molar-refractivity contribution in [2.24, 2.45) is 0 Å². The first-order valence-electron chi connectivity index (χ1n) is 6.96. The molecule has 0 bridgehead atoms. The van der Waals surface area contributed by atoms with Crippen LogP contribution < -0.4 is 5.32 Å². The molecule has 0 fully saturated rings. The summed E-state index contributed by atoms with van der Waals surface area (Å²) in [5.74, 6) is 0.391. The van der Waals surface area contributed by atoms with E-state index in [1.807, 2.05) is 6.07 Å². The second-order valence-electron chi connectivity index (χ2n) is 5.66. The Bertz CT molecular complexity index is 478. The Kier molecular flexibility index (Phi) is 3.13.